The molecule has 0 aliphatic heterocycles. The molecule has 2 rings (SSSR count). The summed E-state index contributed by atoms with van der Waals surface area (Å²) >= 11 is 2.85. The summed E-state index contributed by atoms with van der Waals surface area (Å²) in [6.45, 7) is 0. The first-order valence-electron chi connectivity index (χ1n) is 4.77. The number of rotatable bonds is 2. The normalized spacial score (nSPS) is 8.63. The zero-order valence-corrected chi connectivity index (χ0v) is 11.0. The number of hydrogen-bond acceptors (Lipinski definition) is 4. The molecule has 2 aromatic heterocycles. The monoisotopic (exact) mass is 296 g/mol. The van der Waals surface area contributed by atoms with Crippen LogP contribution in [-0.4, -0.2) is 17.1 Å². The molecule has 0 radical (unpaired) electrons. The Morgan fingerprint density at radius 2 is 1.95 bits per heavy atom. The third-order valence-corrected chi connectivity index (χ3v) is 3.04. The molecular weight excluding hydrogens is 288 g/mol. The SMILES string of the molecule is O=C(O)Nc1ccsc1.[N-]=[N+]=NC(=O)c1ccsc1. The van der Waals surface area contributed by atoms with Gasteiger partial charge in [-0.3, -0.25) is 10.1 Å². The number of thiophene rings is 2. The van der Waals surface area contributed by atoms with Gasteiger partial charge in [0.1, 0.15) is 0 Å². The maximum absolute atomic E-state index is 10.7. The minimum absolute atomic E-state index is 0.447. The third kappa shape index (κ3) is 5.68. The lowest BCUT2D eigenvalue weighted by atomic mass is 10.3. The quantitative estimate of drug-likeness (QED) is 0.495. The van der Waals surface area contributed by atoms with Gasteiger partial charge >= 0.3 is 6.09 Å². The molecule has 19 heavy (non-hydrogen) atoms. The Balaban J connectivity index is 0.000000191. The highest BCUT2D eigenvalue weighted by Crippen LogP contribution is 2.10. The van der Waals surface area contributed by atoms with Crippen LogP contribution in [0.1, 0.15) is 10.4 Å². The van der Waals surface area contributed by atoms with Crippen LogP contribution >= 0.6 is 22.7 Å². The number of amides is 2. The van der Waals surface area contributed by atoms with E-state index in [1.165, 1.54) is 22.7 Å². The van der Waals surface area contributed by atoms with Gasteiger partial charge in [0.2, 0.25) is 5.91 Å². The van der Waals surface area contributed by atoms with Crippen LogP contribution in [0.25, 0.3) is 10.4 Å². The van der Waals surface area contributed by atoms with Gasteiger partial charge in [-0.05, 0) is 33.5 Å². The van der Waals surface area contributed by atoms with Crippen molar-refractivity contribution in [2.45, 2.75) is 0 Å². The molecule has 0 aliphatic carbocycles. The minimum atomic E-state index is -1.02. The van der Waals surface area contributed by atoms with Crippen LogP contribution in [-0.2, 0) is 0 Å². The first-order valence-corrected chi connectivity index (χ1v) is 6.66. The predicted molar refractivity (Wildman–Crippen MR) is 73.8 cm³/mol. The van der Waals surface area contributed by atoms with Crippen LogP contribution in [0.4, 0.5) is 10.5 Å². The highest BCUT2D eigenvalue weighted by molar-refractivity contribution is 7.08. The van der Waals surface area contributed by atoms with Gasteiger partial charge < -0.3 is 5.11 Å². The Kier molecular flexibility index (Phi) is 6.10. The largest absolute Gasteiger partial charge is 0.465 e. The standard InChI is InChI=1S/C5H3N3OS.C5H5NO2S/c6-8-7-5(9)4-1-2-10-3-4;7-5(8)6-4-1-2-9-3-4/h1-3H;1-3,6H,(H,7,8). The second-order valence-electron chi connectivity index (χ2n) is 2.95. The van der Waals surface area contributed by atoms with Crippen molar-refractivity contribution in [2.75, 3.05) is 5.32 Å². The maximum Gasteiger partial charge on any atom is 0.409 e. The van der Waals surface area contributed by atoms with Crippen LogP contribution in [0.3, 0.4) is 0 Å². The topological polar surface area (TPSA) is 115 Å². The van der Waals surface area contributed by atoms with Crippen molar-refractivity contribution < 1.29 is 14.7 Å². The fourth-order valence-electron chi connectivity index (χ4n) is 0.944. The number of carbonyl (C=O) groups is 2. The molecule has 7 nitrogen and oxygen atoms in total. The van der Waals surface area contributed by atoms with Crippen LogP contribution in [0.5, 0.6) is 0 Å². The molecule has 0 atom stereocenters. The van der Waals surface area contributed by atoms with Crippen LogP contribution in [0.15, 0.2) is 38.8 Å². The molecule has 0 aliphatic rings. The molecule has 2 aromatic rings. The van der Waals surface area contributed by atoms with E-state index in [1.54, 1.807) is 28.3 Å². The zero-order valence-electron chi connectivity index (χ0n) is 9.39. The van der Waals surface area contributed by atoms with Gasteiger partial charge in [-0.15, -0.1) is 0 Å². The van der Waals surface area contributed by atoms with Gasteiger partial charge in [-0.1, -0.05) is 0 Å². The van der Waals surface area contributed by atoms with Gasteiger partial charge in [0.15, 0.2) is 0 Å². The van der Waals surface area contributed by atoms with Gasteiger partial charge in [0, 0.05) is 21.2 Å². The van der Waals surface area contributed by atoms with E-state index in [2.05, 4.69) is 15.3 Å². The molecule has 0 fully saturated rings. The minimum Gasteiger partial charge on any atom is -0.465 e. The summed E-state index contributed by atoms with van der Waals surface area (Å²) < 4.78 is 0. The Hall–Kier alpha value is -2.35. The first kappa shape index (κ1) is 14.7. The van der Waals surface area contributed by atoms with Crippen molar-refractivity contribution in [3.05, 3.63) is 49.7 Å². The highest BCUT2D eigenvalue weighted by atomic mass is 32.1. The highest BCUT2D eigenvalue weighted by Gasteiger charge is 2.00. The number of anilines is 1. The average Bonchev–Trinajstić information content (AvgIpc) is 3.01. The molecule has 0 saturated heterocycles. The third-order valence-electron chi connectivity index (χ3n) is 1.68. The predicted octanol–water partition coefficient (Wildman–Crippen LogP) is 4.04. The van der Waals surface area contributed by atoms with E-state index < -0.39 is 12.0 Å². The van der Waals surface area contributed by atoms with Crippen molar-refractivity contribution in [3.8, 4) is 0 Å². The molecule has 0 saturated carbocycles. The lowest BCUT2D eigenvalue weighted by molar-refractivity contribution is 0.100. The number of azide groups is 1. The summed E-state index contributed by atoms with van der Waals surface area (Å²) in [6, 6.07) is 3.32. The lowest BCUT2D eigenvalue weighted by Gasteiger charge is -1.91. The maximum atomic E-state index is 10.7. The van der Waals surface area contributed by atoms with Crippen molar-refractivity contribution in [3.63, 3.8) is 0 Å². The second kappa shape index (κ2) is 7.88. The number of nitrogens with one attached hydrogen (secondary N) is 1. The van der Waals surface area contributed by atoms with E-state index in [4.69, 9.17) is 10.6 Å². The first-order chi connectivity index (χ1) is 9.13. The molecule has 0 unspecified atom stereocenters. The zero-order chi connectivity index (χ0) is 14.1. The van der Waals surface area contributed by atoms with E-state index in [1.807, 2.05) is 5.38 Å². The molecule has 2 amide bonds. The molecular formula is C10H8N4O3S2. The Labute approximate surface area is 115 Å². The molecule has 2 heterocycles. The summed E-state index contributed by atoms with van der Waals surface area (Å²) in [5.74, 6) is -0.524. The van der Waals surface area contributed by atoms with E-state index >= 15 is 0 Å². The van der Waals surface area contributed by atoms with Gasteiger partial charge in [0.05, 0.1) is 5.69 Å². The van der Waals surface area contributed by atoms with Crippen molar-refractivity contribution >= 4 is 40.4 Å². The van der Waals surface area contributed by atoms with Crippen LogP contribution in [0.2, 0.25) is 0 Å². The summed E-state index contributed by atoms with van der Waals surface area (Å²) in [6.07, 6.45) is -1.02. The molecule has 9 heteroatoms. The van der Waals surface area contributed by atoms with Gasteiger partial charge in [-0.25, -0.2) is 4.79 Å². The van der Waals surface area contributed by atoms with E-state index in [0.29, 0.717) is 11.3 Å². The summed E-state index contributed by atoms with van der Waals surface area (Å²) in [5.41, 5.74) is 8.96. The molecule has 0 bridgehead atoms. The van der Waals surface area contributed by atoms with Crippen LogP contribution < -0.4 is 5.32 Å². The number of carbonyl (C=O) groups excluding carboxylic acids is 1. The summed E-state index contributed by atoms with van der Waals surface area (Å²) in [7, 11) is 0. The summed E-state index contributed by atoms with van der Waals surface area (Å²) in [4.78, 5) is 23.0. The molecule has 0 aromatic carbocycles. The van der Waals surface area contributed by atoms with Gasteiger partial charge in [0.25, 0.3) is 0 Å². The fourth-order valence-corrected chi connectivity index (χ4v) is 2.16. The van der Waals surface area contributed by atoms with E-state index in [9.17, 15) is 9.59 Å². The van der Waals surface area contributed by atoms with Crippen molar-refractivity contribution in [1.82, 2.24) is 0 Å². The lowest BCUT2D eigenvalue weighted by Crippen LogP contribution is -2.05. The average molecular weight is 296 g/mol. The molecule has 98 valence electrons. The number of nitrogens with zero attached hydrogens (tertiary/aromatic N) is 3. The van der Waals surface area contributed by atoms with Crippen molar-refractivity contribution in [2.24, 2.45) is 5.11 Å². The molecule has 0 spiro atoms. The van der Waals surface area contributed by atoms with E-state index in [-0.39, 0.29) is 0 Å². The second-order valence-corrected chi connectivity index (χ2v) is 4.51. The Morgan fingerprint density at radius 3 is 2.42 bits per heavy atom. The van der Waals surface area contributed by atoms with Crippen molar-refractivity contribution in [1.29, 1.82) is 0 Å². The Morgan fingerprint density at radius 1 is 1.26 bits per heavy atom. The Bertz CT molecular complexity index is 574. The van der Waals surface area contributed by atoms with Gasteiger partial charge in [-0.2, -0.15) is 22.7 Å². The number of hydrogen-bond donors (Lipinski definition) is 2. The summed E-state index contributed by atoms with van der Waals surface area (Å²) in [5, 5.41) is 20.2. The van der Waals surface area contributed by atoms with E-state index in [0.717, 1.165) is 0 Å². The van der Waals surface area contributed by atoms with Crippen LogP contribution in [0, 0.1) is 0 Å². The number of carboxylic acid groups (broad SMARTS) is 1. The fraction of sp³-hybridized carbons (Fsp3) is 0. The molecule has 2 N–H and O–H groups in total. The smallest absolute Gasteiger partial charge is 0.409 e.